The van der Waals surface area contributed by atoms with Crippen LogP contribution in [-0.4, -0.2) is 61.5 Å². The summed E-state index contributed by atoms with van der Waals surface area (Å²) < 4.78 is 5.91. The molecule has 0 unspecified atom stereocenters. The van der Waals surface area contributed by atoms with Crippen LogP contribution in [0.1, 0.15) is 35.3 Å². The van der Waals surface area contributed by atoms with Gasteiger partial charge in [-0.2, -0.15) is 0 Å². The molecule has 0 aliphatic carbocycles. The minimum absolute atomic E-state index is 0.173. The topological polar surface area (TPSA) is 32.8 Å². The van der Waals surface area contributed by atoms with Gasteiger partial charge >= 0.3 is 0 Å². The molecule has 28 heavy (non-hydrogen) atoms. The molecule has 0 N–H and O–H groups in total. The second kappa shape index (κ2) is 9.85. The predicted octanol–water partition coefficient (Wildman–Crippen LogP) is 3.69. The molecule has 1 heterocycles. The molecular weight excluding hydrogens is 348 g/mol. The number of Topliss-reactive ketones (excluding diaryl/α,β-unsaturated/α-hetero) is 1. The molecule has 0 bridgehead atoms. The second-order valence-corrected chi connectivity index (χ2v) is 7.97. The van der Waals surface area contributed by atoms with E-state index in [0.717, 1.165) is 50.3 Å². The zero-order valence-corrected chi connectivity index (χ0v) is 17.4. The summed E-state index contributed by atoms with van der Waals surface area (Å²) in [6, 6.07) is 16.4. The summed E-state index contributed by atoms with van der Waals surface area (Å²) in [6.45, 7) is 8.63. The standard InChI is InChI=1S/C24H32N2O2/c1-19(2)28-24-7-5-4-6-22(24)13-10-20-8-11-21(12-9-20)23(27)18-26-16-14-25(3)15-17-26/h4-9,11-12,19H,10,13-18H2,1-3H3. The highest BCUT2D eigenvalue weighted by Gasteiger charge is 2.17. The van der Waals surface area contributed by atoms with Gasteiger partial charge in [0.2, 0.25) is 0 Å². The molecule has 4 heteroatoms. The number of piperazine rings is 1. The van der Waals surface area contributed by atoms with Gasteiger partial charge in [0.15, 0.2) is 5.78 Å². The summed E-state index contributed by atoms with van der Waals surface area (Å²) >= 11 is 0. The second-order valence-electron chi connectivity index (χ2n) is 7.97. The molecule has 3 rings (SSSR count). The number of ketones is 1. The Bertz CT molecular complexity index is 762. The summed E-state index contributed by atoms with van der Waals surface area (Å²) in [7, 11) is 2.13. The van der Waals surface area contributed by atoms with Crippen LogP contribution in [0.4, 0.5) is 0 Å². The molecule has 2 aromatic rings. The number of ether oxygens (including phenoxy) is 1. The van der Waals surface area contributed by atoms with Crippen LogP contribution in [0.25, 0.3) is 0 Å². The van der Waals surface area contributed by atoms with Crippen LogP contribution in [0.15, 0.2) is 48.5 Å². The Morgan fingerprint density at radius 3 is 2.32 bits per heavy atom. The molecule has 4 nitrogen and oxygen atoms in total. The molecule has 150 valence electrons. The van der Waals surface area contributed by atoms with Crippen LogP contribution in [0.2, 0.25) is 0 Å². The van der Waals surface area contributed by atoms with E-state index in [1.165, 1.54) is 11.1 Å². The van der Waals surface area contributed by atoms with E-state index in [2.05, 4.69) is 55.0 Å². The highest BCUT2D eigenvalue weighted by atomic mass is 16.5. The first-order chi connectivity index (χ1) is 13.5. The summed E-state index contributed by atoms with van der Waals surface area (Å²) in [6.07, 6.45) is 2.04. The van der Waals surface area contributed by atoms with Crippen molar-refractivity contribution in [2.75, 3.05) is 39.8 Å². The maximum Gasteiger partial charge on any atom is 0.176 e. The van der Waals surface area contributed by atoms with Gasteiger partial charge in [0.1, 0.15) is 5.75 Å². The van der Waals surface area contributed by atoms with Crippen molar-refractivity contribution in [1.82, 2.24) is 9.80 Å². The Morgan fingerprint density at radius 1 is 0.964 bits per heavy atom. The van der Waals surface area contributed by atoms with Crippen molar-refractivity contribution < 1.29 is 9.53 Å². The SMILES string of the molecule is CC(C)Oc1ccccc1CCc1ccc(C(=O)CN2CCN(C)CC2)cc1. The number of carbonyl (C=O) groups is 1. The number of rotatable bonds is 8. The van der Waals surface area contributed by atoms with Crippen LogP contribution >= 0.6 is 0 Å². The maximum atomic E-state index is 12.6. The fourth-order valence-electron chi connectivity index (χ4n) is 3.52. The normalized spacial score (nSPS) is 15.7. The average Bonchev–Trinajstić information content (AvgIpc) is 2.69. The van der Waals surface area contributed by atoms with Gasteiger partial charge in [0.25, 0.3) is 0 Å². The van der Waals surface area contributed by atoms with Gasteiger partial charge < -0.3 is 9.64 Å². The van der Waals surface area contributed by atoms with Crippen LogP contribution in [0.3, 0.4) is 0 Å². The van der Waals surface area contributed by atoms with Crippen molar-refractivity contribution in [3.8, 4) is 5.75 Å². The van der Waals surface area contributed by atoms with Crippen LogP contribution in [-0.2, 0) is 12.8 Å². The largest absolute Gasteiger partial charge is 0.491 e. The number of carbonyl (C=O) groups excluding carboxylic acids is 1. The van der Waals surface area contributed by atoms with E-state index in [1.807, 2.05) is 24.3 Å². The summed E-state index contributed by atoms with van der Waals surface area (Å²) in [4.78, 5) is 17.1. The van der Waals surface area contributed by atoms with Crippen molar-refractivity contribution in [3.05, 3.63) is 65.2 Å². The summed E-state index contributed by atoms with van der Waals surface area (Å²) in [5.74, 6) is 1.18. The highest BCUT2D eigenvalue weighted by Crippen LogP contribution is 2.21. The first-order valence-electron chi connectivity index (χ1n) is 10.3. The van der Waals surface area contributed by atoms with Crippen molar-refractivity contribution in [3.63, 3.8) is 0 Å². The average molecular weight is 381 g/mol. The Kier molecular flexibility index (Phi) is 7.24. The molecule has 0 aromatic heterocycles. The first-order valence-corrected chi connectivity index (χ1v) is 10.3. The number of aryl methyl sites for hydroxylation is 2. The quantitative estimate of drug-likeness (QED) is 0.654. The van der Waals surface area contributed by atoms with E-state index in [9.17, 15) is 4.79 Å². The Labute approximate surface area is 169 Å². The molecule has 1 aliphatic heterocycles. The van der Waals surface area contributed by atoms with Gasteiger partial charge in [0, 0.05) is 31.7 Å². The smallest absolute Gasteiger partial charge is 0.176 e. The lowest BCUT2D eigenvalue weighted by Gasteiger charge is -2.31. The summed E-state index contributed by atoms with van der Waals surface area (Å²) in [5.41, 5.74) is 3.29. The Hall–Kier alpha value is -2.17. The monoisotopic (exact) mass is 380 g/mol. The molecular formula is C24H32N2O2. The number of hydrogen-bond donors (Lipinski definition) is 0. The third kappa shape index (κ3) is 5.91. The Morgan fingerprint density at radius 2 is 1.64 bits per heavy atom. The number of para-hydroxylation sites is 1. The number of likely N-dealkylation sites (N-methyl/N-ethyl adjacent to an activating group) is 1. The molecule has 0 spiro atoms. The Balaban J connectivity index is 1.54. The van der Waals surface area contributed by atoms with Crippen molar-refractivity contribution in [2.24, 2.45) is 0 Å². The van der Waals surface area contributed by atoms with Crippen LogP contribution in [0.5, 0.6) is 5.75 Å². The first kappa shape index (κ1) is 20.6. The van der Waals surface area contributed by atoms with Gasteiger partial charge in [-0.1, -0.05) is 42.5 Å². The zero-order valence-electron chi connectivity index (χ0n) is 17.4. The van der Waals surface area contributed by atoms with Gasteiger partial charge in [-0.15, -0.1) is 0 Å². The number of hydrogen-bond acceptors (Lipinski definition) is 4. The molecule has 0 atom stereocenters. The van der Waals surface area contributed by atoms with Crippen LogP contribution < -0.4 is 4.74 Å². The molecule has 1 saturated heterocycles. The van der Waals surface area contributed by atoms with E-state index < -0.39 is 0 Å². The van der Waals surface area contributed by atoms with Crippen LogP contribution in [0, 0.1) is 0 Å². The third-order valence-electron chi connectivity index (χ3n) is 5.26. The van der Waals surface area contributed by atoms with Gasteiger partial charge in [-0.25, -0.2) is 0 Å². The minimum atomic E-state index is 0.173. The third-order valence-corrected chi connectivity index (χ3v) is 5.26. The molecule has 1 aliphatic rings. The van der Waals surface area contributed by atoms with Gasteiger partial charge in [-0.3, -0.25) is 9.69 Å². The van der Waals surface area contributed by atoms with E-state index >= 15 is 0 Å². The lowest BCUT2D eigenvalue weighted by atomic mass is 10.0. The fraction of sp³-hybridized carbons (Fsp3) is 0.458. The highest BCUT2D eigenvalue weighted by molar-refractivity contribution is 5.97. The fourth-order valence-corrected chi connectivity index (χ4v) is 3.52. The van der Waals surface area contributed by atoms with Crippen molar-refractivity contribution in [1.29, 1.82) is 0 Å². The number of nitrogens with zero attached hydrogens (tertiary/aromatic N) is 2. The zero-order chi connectivity index (χ0) is 19.9. The molecule has 0 amide bonds. The molecule has 0 radical (unpaired) electrons. The molecule has 2 aromatic carbocycles. The minimum Gasteiger partial charge on any atom is -0.491 e. The van der Waals surface area contributed by atoms with Gasteiger partial charge in [0.05, 0.1) is 12.6 Å². The van der Waals surface area contributed by atoms with E-state index in [4.69, 9.17) is 4.74 Å². The lowest BCUT2D eigenvalue weighted by Crippen LogP contribution is -2.46. The van der Waals surface area contributed by atoms with E-state index in [1.54, 1.807) is 0 Å². The van der Waals surface area contributed by atoms with E-state index in [-0.39, 0.29) is 11.9 Å². The van der Waals surface area contributed by atoms with Gasteiger partial charge in [-0.05, 0) is 50.9 Å². The molecule has 0 saturated carbocycles. The van der Waals surface area contributed by atoms with Crippen molar-refractivity contribution >= 4 is 5.78 Å². The van der Waals surface area contributed by atoms with E-state index in [0.29, 0.717) is 6.54 Å². The number of benzene rings is 2. The van der Waals surface area contributed by atoms with Crippen molar-refractivity contribution in [2.45, 2.75) is 32.8 Å². The maximum absolute atomic E-state index is 12.6. The predicted molar refractivity (Wildman–Crippen MR) is 114 cm³/mol. The molecule has 1 fully saturated rings. The summed E-state index contributed by atoms with van der Waals surface area (Å²) in [5, 5.41) is 0. The lowest BCUT2D eigenvalue weighted by molar-refractivity contribution is 0.0876.